The second-order valence-corrected chi connectivity index (χ2v) is 5.33. The van der Waals surface area contributed by atoms with Gasteiger partial charge in [0.25, 0.3) is 0 Å². The first-order valence-electron chi connectivity index (χ1n) is 6.24. The Morgan fingerprint density at radius 1 is 1.42 bits per heavy atom. The Bertz CT molecular complexity index is 531. The first kappa shape index (κ1) is 12.5. The lowest BCUT2D eigenvalue weighted by Crippen LogP contribution is -2.38. The lowest BCUT2D eigenvalue weighted by molar-refractivity contribution is -0.0346. The number of aromatic nitrogens is 2. The zero-order chi connectivity index (χ0) is 13.1. The molecule has 1 saturated heterocycles. The molecule has 3 heterocycles. The third-order valence-electron chi connectivity index (χ3n) is 3.20. The maximum absolute atomic E-state index is 5.86. The second kappa shape index (κ2) is 5.64. The number of thiophene rings is 1. The Morgan fingerprint density at radius 2 is 2.32 bits per heavy atom. The number of morpholine rings is 1. The average molecular weight is 276 g/mol. The molecular formula is C13H16N4OS. The van der Waals surface area contributed by atoms with Crippen molar-refractivity contribution in [3.05, 3.63) is 40.5 Å². The van der Waals surface area contributed by atoms with E-state index in [-0.39, 0.29) is 6.10 Å². The normalized spacial score (nSPS) is 20.5. The number of nitrogen functional groups attached to an aromatic ring is 1. The summed E-state index contributed by atoms with van der Waals surface area (Å²) in [5, 5.41) is 4.29. The predicted octanol–water partition coefficient (Wildman–Crippen LogP) is 1.69. The van der Waals surface area contributed by atoms with Crippen LogP contribution < -0.4 is 5.73 Å². The highest BCUT2D eigenvalue weighted by molar-refractivity contribution is 7.07. The van der Waals surface area contributed by atoms with Gasteiger partial charge in [0.05, 0.1) is 6.61 Å². The second-order valence-electron chi connectivity index (χ2n) is 4.55. The van der Waals surface area contributed by atoms with E-state index in [1.807, 2.05) is 0 Å². The van der Waals surface area contributed by atoms with E-state index < -0.39 is 0 Å². The maximum Gasteiger partial charge on any atom is 0.147 e. The Balaban J connectivity index is 1.70. The van der Waals surface area contributed by atoms with Gasteiger partial charge >= 0.3 is 0 Å². The van der Waals surface area contributed by atoms with Crippen molar-refractivity contribution in [1.82, 2.24) is 14.9 Å². The van der Waals surface area contributed by atoms with Crippen LogP contribution >= 0.6 is 11.3 Å². The van der Waals surface area contributed by atoms with Gasteiger partial charge in [0.2, 0.25) is 0 Å². The monoisotopic (exact) mass is 276 g/mol. The summed E-state index contributed by atoms with van der Waals surface area (Å²) in [6.45, 7) is 3.39. The van der Waals surface area contributed by atoms with Crippen molar-refractivity contribution in [3.8, 4) is 0 Å². The molecule has 1 atom stereocenters. The van der Waals surface area contributed by atoms with Crippen LogP contribution in [0.25, 0.3) is 0 Å². The van der Waals surface area contributed by atoms with Gasteiger partial charge in [-0.2, -0.15) is 11.3 Å². The number of nitrogens with zero attached hydrogens (tertiary/aromatic N) is 3. The summed E-state index contributed by atoms with van der Waals surface area (Å²) in [4.78, 5) is 10.7. The molecule has 100 valence electrons. The third-order valence-corrected chi connectivity index (χ3v) is 3.93. The lowest BCUT2D eigenvalue weighted by Gasteiger charge is -2.32. The van der Waals surface area contributed by atoms with Gasteiger partial charge in [-0.25, -0.2) is 4.98 Å². The molecule has 0 aliphatic carbocycles. The van der Waals surface area contributed by atoms with Crippen LogP contribution in [0.2, 0.25) is 0 Å². The molecule has 5 nitrogen and oxygen atoms in total. The summed E-state index contributed by atoms with van der Waals surface area (Å²) >= 11 is 1.73. The lowest BCUT2D eigenvalue weighted by atomic mass is 10.2. The molecule has 3 rings (SSSR count). The molecule has 0 unspecified atom stereocenters. The van der Waals surface area contributed by atoms with Crippen LogP contribution in [0.1, 0.15) is 17.4 Å². The van der Waals surface area contributed by atoms with Crippen molar-refractivity contribution in [3.63, 3.8) is 0 Å². The number of hydrogen-bond acceptors (Lipinski definition) is 6. The number of rotatable bonds is 3. The molecule has 0 saturated carbocycles. The van der Waals surface area contributed by atoms with Crippen LogP contribution in [0, 0.1) is 0 Å². The van der Waals surface area contributed by atoms with Gasteiger partial charge in [0.15, 0.2) is 0 Å². The zero-order valence-electron chi connectivity index (χ0n) is 10.5. The summed E-state index contributed by atoms with van der Waals surface area (Å²) in [5.74, 6) is 0.463. The fourth-order valence-corrected chi connectivity index (χ4v) is 2.92. The van der Waals surface area contributed by atoms with E-state index >= 15 is 0 Å². The molecule has 0 radical (unpaired) electrons. The van der Waals surface area contributed by atoms with Gasteiger partial charge in [-0.05, 0) is 22.4 Å². The highest BCUT2D eigenvalue weighted by Crippen LogP contribution is 2.24. The van der Waals surface area contributed by atoms with Crippen molar-refractivity contribution in [2.24, 2.45) is 0 Å². The molecule has 0 spiro atoms. The average Bonchev–Trinajstić information content (AvgIpc) is 2.92. The van der Waals surface area contributed by atoms with Crippen molar-refractivity contribution >= 4 is 17.2 Å². The Labute approximate surface area is 116 Å². The first-order chi connectivity index (χ1) is 9.33. The van der Waals surface area contributed by atoms with Crippen LogP contribution in [0.5, 0.6) is 0 Å². The van der Waals surface area contributed by atoms with Gasteiger partial charge in [-0.15, -0.1) is 0 Å². The molecule has 1 aliphatic rings. The van der Waals surface area contributed by atoms with Crippen molar-refractivity contribution in [1.29, 1.82) is 0 Å². The molecule has 0 bridgehead atoms. The molecule has 19 heavy (non-hydrogen) atoms. The van der Waals surface area contributed by atoms with E-state index in [0.717, 1.165) is 25.3 Å². The van der Waals surface area contributed by atoms with E-state index in [4.69, 9.17) is 10.5 Å². The van der Waals surface area contributed by atoms with Gasteiger partial charge in [0.1, 0.15) is 17.6 Å². The molecule has 1 aliphatic heterocycles. The summed E-state index contributed by atoms with van der Waals surface area (Å²) in [5.41, 5.74) is 7.96. The molecule has 0 amide bonds. The topological polar surface area (TPSA) is 64.3 Å². The van der Waals surface area contributed by atoms with Crippen LogP contribution in [-0.2, 0) is 11.3 Å². The minimum absolute atomic E-state index is 0.0823. The van der Waals surface area contributed by atoms with E-state index in [1.54, 1.807) is 23.7 Å². The molecule has 2 aromatic rings. The number of nitrogens with two attached hydrogens (primary N) is 1. The number of anilines is 1. The predicted molar refractivity (Wildman–Crippen MR) is 74.7 cm³/mol. The smallest absolute Gasteiger partial charge is 0.147 e. The van der Waals surface area contributed by atoms with Crippen LogP contribution in [0.4, 0.5) is 5.82 Å². The molecule has 6 heteroatoms. The van der Waals surface area contributed by atoms with E-state index in [1.165, 1.54) is 5.56 Å². The Hall–Kier alpha value is -1.50. The SMILES string of the molecule is Nc1nccnc1[C@H]1CN(Cc2ccsc2)CCO1. The highest BCUT2D eigenvalue weighted by Gasteiger charge is 2.25. The zero-order valence-corrected chi connectivity index (χ0v) is 11.3. The van der Waals surface area contributed by atoms with Crippen LogP contribution in [0.3, 0.4) is 0 Å². The van der Waals surface area contributed by atoms with Crippen LogP contribution in [-0.4, -0.2) is 34.6 Å². The highest BCUT2D eigenvalue weighted by atomic mass is 32.1. The quantitative estimate of drug-likeness (QED) is 0.924. The number of ether oxygens (including phenoxy) is 1. The molecule has 1 fully saturated rings. The largest absolute Gasteiger partial charge is 0.382 e. The summed E-state index contributed by atoms with van der Waals surface area (Å²) in [7, 11) is 0. The fraction of sp³-hybridized carbons (Fsp3) is 0.385. The van der Waals surface area contributed by atoms with E-state index in [0.29, 0.717) is 12.4 Å². The Kier molecular flexibility index (Phi) is 3.72. The Morgan fingerprint density at radius 3 is 3.11 bits per heavy atom. The van der Waals surface area contributed by atoms with Crippen molar-refractivity contribution in [2.45, 2.75) is 12.6 Å². The molecule has 2 aromatic heterocycles. The molecule has 0 aromatic carbocycles. The molecular weight excluding hydrogens is 260 g/mol. The van der Waals surface area contributed by atoms with Crippen molar-refractivity contribution in [2.75, 3.05) is 25.4 Å². The number of hydrogen-bond donors (Lipinski definition) is 1. The van der Waals surface area contributed by atoms with Crippen LogP contribution in [0.15, 0.2) is 29.2 Å². The third kappa shape index (κ3) is 2.91. The summed E-state index contributed by atoms with van der Waals surface area (Å²) < 4.78 is 5.77. The minimum atomic E-state index is -0.0823. The fourth-order valence-electron chi connectivity index (χ4n) is 2.26. The molecule has 2 N–H and O–H groups in total. The maximum atomic E-state index is 5.86. The summed E-state index contributed by atoms with van der Waals surface area (Å²) in [6.07, 6.45) is 3.18. The van der Waals surface area contributed by atoms with Gasteiger partial charge < -0.3 is 10.5 Å². The van der Waals surface area contributed by atoms with Gasteiger partial charge in [0, 0.05) is 32.0 Å². The van der Waals surface area contributed by atoms with Gasteiger partial charge in [-0.1, -0.05) is 0 Å². The van der Waals surface area contributed by atoms with E-state index in [2.05, 4.69) is 31.7 Å². The van der Waals surface area contributed by atoms with Crippen molar-refractivity contribution < 1.29 is 4.74 Å². The van der Waals surface area contributed by atoms with Gasteiger partial charge in [-0.3, -0.25) is 9.88 Å². The standard InChI is InChI=1S/C13H16N4OS/c14-13-12(15-2-3-16-13)11-8-17(4-5-18-11)7-10-1-6-19-9-10/h1-3,6,9,11H,4-5,7-8H2,(H2,14,16)/t11-/m1/s1. The van der Waals surface area contributed by atoms with E-state index in [9.17, 15) is 0 Å². The first-order valence-corrected chi connectivity index (χ1v) is 7.18. The minimum Gasteiger partial charge on any atom is -0.382 e. The summed E-state index contributed by atoms with van der Waals surface area (Å²) in [6, 6.07) is 2.16.